The van der Waals surface area contributed by atoms with E-state index >= 15 is 0 Å². The van der Waals surface area contributed by atoms with Gasteiger partial charge in [-0.1, -0.05) is 25.9 Å². The molecule has 2 aliphatic heterocycles. The lowest BCUT2D eigenvalue weighted by Crippen LogP contribution is -2.50. The molecule has 3 unspecified atom stereocenters. The summed E-state index contributed by atoms with van der Waals surface area (Å²) >= 11 is 0. The van der Waals surface area contributed by atoms with E-state index < -0.39 is 0 Å². The Morgan fingerprint density at radius 2 is 1.88 bits per heavy atom. The van der Waals surface area contributed by atoms with E-state index in [2.05, 4.69) is 54.6 Å². The summed E-state index contributed by atoms with van der Waals surface area (Å²) in [7, 11) is 0. The van der Waals surface area contributed by atoms with Crippen LogP contribution < -0.4 is 0 Å². The molecule has 6 nitrogen and oxygen atoms in total. The Morgan fingerprint density at radius 3 is 2.50 bits per heavy atom. The number of nitrogens with zero attached hydrogens (tertiary/aromatic N) is 4. The Morgan fingerprint density at radius 1 is 1.17 bits per heavy atom. The average molecular weight is 336 g/mol. The van der Waals surface area contributed by atoms with Crippen molar-refractivity contribution >= 4 is 0 Å². The van der Waals surface area contributed by atoms with Gasteiger partial charge in [0, 0.05) is 31.1 Å². The van der Waals surface area contributed by atoms with E-state index in [1.54, 1.807) is 0 Å². The topological polar surface area (TPSA) is 54.6 Å². The highest BCUT2D eigenvalue weighted by atomic mass is 16.5. The van der Waals surface area contributed by atoms with Crippen LogP contribution in [0.25, 0.3) is 0 Å². The molecule has 0 N–H and O–H groups in total. The highest BCUT2D eigenvalue weighted by Gasteiger charge is 2.31. The molecule has 3 heterocycles. The van der Waals surface area contributed by atoms with E-state index in [0.29, 0.717) is 18.2 Å². The van der Waals surface area contributed by atoms with E-state index in [4.69, 9.17) is 9.26 Å². The number of likely N-dealkylation sites (tertiary alicyclic amines) is 1. The third-order valence-corrected chi connectivity index (χ3v) is 4.94. The fourth-order valence-electron chi connectivity index (χ4n) is 3.84. The highest BCUT2D eigenvalue weighted by molar-refractivity contribution is 5.00. The van der Waals surface area contributed by atoms with Gasteiger partial charge < -0.3 is 9.26 Å². The fourth-order valence-corrected chi connectivity index (χ4v) is 3.84. The molecule has 0 bridgehead atoms. The highest BCUT2D eigenvalue weighted by Crippen LogP contribution is 2.24. The molecule has 0 aliphatic carbocycles. The summed E-state index contributed by atoms with van der Waals surface area (Å²) in [6, 6.07) is 0.576. The number of morpholine rings is 1. The maximum absolute atomic E-state index is 5.85. The Hall–Kier alpha value is -0.980. The van der Waals surface area contributed by atoms with Gasteiger partial charge in [-0.25, -0.2) is 0 Å². The molecule has 6 heteroatoms. The molecule has 3 atom stereocenters. The van der Waals surface area contributed by atoms with Crippen molar-refractivity contribution in [2.45, 2.75) is 77.7 Å². The molecule has 136 valence electrons. The van der Waals surface area contributed by atoms with Crippen LogP contribution in [0.15, 0.2) is 4.52 Å². The summed E-state index contributed by atoms with van der Waals surface area (Å²) in [5.41, 5.74) is -0.0633. The van der Waals surface area contributed by atoms with Crippen molar-refractivity contribution < 1.29 is 9.26 Å². The largest absolute Gasteiger partial charge is 0.373 e. The minimum absolute atomic E-state index is 0.0633. The van der Waals surface area contributed by atoms with Gasteiger partial charge in [0.1, 0.15) is 0 Å². The minimum atomic E-state index is -0.0633. The summed E-state index contributed by atoms with van der Waals surface area (Å²) in [6.07, 6.45) is 3.16. The zero-order valence-corrected chi connectivity index (χ0v) is 15.8. The van der Waals surface area contributed by atoms with Crippen LogP contribution in [0, 0.1) is 0 Å². The average Bonchev–Trinajstić information content (AvgIpc) is 3.08. The van der Waals surface area contributed by atoms with Gasteiger partial charge >= 0.3 is 0 Å². The Bertz CT molecular complexity index is 529. The zero-order chi connectivity index (χ0) is 17.3. The molecule has 2 saturated heterocycles. The number of hydrogen-bond acceptors (Lipinski definition) is 6. The van der Waals surface area contributed by atoms with Gasteiger partial charge in [0.15, 0.2) is 5.82 Å². The van der Waals surface area contributed by atoms with Crippen LogP contribution in [0.5, 0.6) is 0 Å². The van der Waals surface area contributed by atoms with Crippen LogP contribution >= 0.6 is 0 Å². The molecule has 0 saturated carbocycles. The molecule has 2 fully saturated rings. The lowest BCUT2D eigenvalue weighted by atomic mass is 9.96. The predicted molar refractivity (Wildman–Crippen MR) is 92.9 cm³/mol. The molecule has 24 heavy (non-hydrogen) atoms. The van der Waals surface area contributed by atoms with Crippen molar-refractivity contribution in [1.29, 1.82) is 0 Å². The molecule has 1 aromatic rings. The first-order valence-electron chi connectivity index (χ1n) is 9.26. The SMILES string of the molecule is CC1CN(CC2CCCN2Cc2nc(C(C)(C)C)no2)CC(C)O1. The number of aromatic nitrogens is 2. The van der Waals surface area contributed by atoms with Crippen molar-refractivity contribution in [1.82, 2.24) is 19.9 Å². The van der Waals surface area contributed by atoms with E-state index in [0.717, 1.165) is 44.4 Å². The molecule has 0 amide bonds. The van der Waals surface area contributed by atoms with Crippen LogP contribution in [0.4, 0.5) is 0 Å². The Kier molecular flexibility index (Phi) is 5.27. The van der Waals surface area contributed by atoms with E-state index in [9.17, 15) is 0 Å². The van der Waals surface area contributed by atoms with Gasteiger partial charge in [0.25, 0.3) is 0 Å². The van der Waals surface area contributed by atoms with Gasteiger partial charge in [0.2, 0.25) is 5.89 Å². The second-order valence-electron chi connectivity index (χ2n) is 8.50. The normalized spacial score (nSPS) is 30.1. The van der Waals surface area contributed by atoms with E-state index in [-0.39, 0.29) is 5.41 Å². The predicted octanol–water partition coefficient (Wildman–Crippen LogP) is 2.44. The number of rotatable bonds is 4. The second-order valence-corrected chi connectivity index (χ2v) is 8.50. The third-order valence-electron chi connectivity index (χ3n) is 4.94. The Balaban J connectivity index is 1.58. The monoisotopic (exact) mass is 336 g/mol. The van der Waals surface area contributed by atoms with Crippen molar-refractivity contribution in [3.8, 4) is 0 Å². The van der Waals surface area contributed by atoms with Gasteiger partial charge in [0.05, 0.1) is 18.8 Å². The van der Waals surface area contributed by atoms with Gasteiger partial charge in [-0.05, 0) is 33.2 Å². The number of ether oxygens (including phenoxy) is 1. The molecule has 2 aliphatic rings. The molecule has 0 radical (unpaired) electrons. The summed E-state index contributed by atoms with van der Waals surface area (Å²) in [4.78, 5) is 9.65. The standard InChI is InChI=1S/C18H32N4O2/c1-13-9-21(10-14(2)23-13)11-15-7-6-8-22(15)12-16-19-17(20-24-16)18(3,4)5/h13-15H,6-12H2,1-5H3. The summed E-state index contributed by atoms with van der Waals surface area (Å²) in [6.45, 7) is 15.7. The van der Waals surface area contributed by atoms with Crippen molar-refractivity contribution in [2.75, 3.05) is 26.2 Å². The van der Waals surface area contributed by atoms with Crippen molar-refractivity contribution in [3.63, 3.8) is 0 Å². The van der Waals surface area contributed by atoms with E-state index in [1.165, 1.54) is 12.8 Å². The quantitative estimate of drug-likeness (QED) is 0.842. The molecule has 0 aromatic carbocycles. The Labute approximate surface area is 145 Å². The summed E-state index contributed by atoms with van der Waals surface area (Å²) in [5.74, 6) is 1.54. The zero-order valence-electron chi connectivity index (χ0n) is 15.8. The summed E-state index contributed by atoms with van der Waals surface area (Å²) in [5, 5.41) is 4.15. The van der Waals surface area contributed by atoms with Crippen molar-refractivity contribution in [3.05, 3.63) is 11.7 Å². The molecule has 3 rings (SSSR count). The number of hydrogen-bond donors (Lipinski definition) is 0. The van der Waals surface area contributed by atoms with Gasteiger partial charge in [-0.2, -0.15) is 4.98 Å². The summed E-state index contributed by atoms with van der Waals surface area (Å²) < 4.78 is 11.3. The lowest BCUT2D eigenvalue weighted by molar-refractivity contribution is -0.0726. The van der Waals surface area contributed by atoms with Gasteiger partial charge in [-0.3, -0.25) is 9.80 Å². The molecule has 0 spiro atoms. The first-order valence-corrected chi connectivity index (χ1v) is 9.26. The van der Waals surface area contributed by atoms with Crippen LogP contribution in [0.3, 0.4) is 0 Å². The van der Waals surface area contributed by atoms with E-state index in [1.807, 2.05) is 0 Å². The van der Waals surface area contributed by atoms with Crippen LogP contribution in [0.1, 0.15) is 59.2 Å². The minimum Gasteiger partial charge on any atom is -0.373 e. The van der Waals surface area contributed by atoms with Gasteiger partial charge in [-0.15, -0.1) is 0 Å². The van der Waals surface area contributed by atoms with Crippen molar-refractivity contribution in [2.24, 2.45) is 0 Å². The smallest absolute Gasteiger partial charge is 0.240 e. The van der Waals surface area contributed by atoms with Crippen LogP contribution in [-0.4, -0.2) is 64.4 Å². The molecule has 1 aromatic heterocycles. The second kappa shape index (κ2) is 7.10. The fraction of sp³-hybridized carbons (Fsp3) is 0.889. The first kappa shape index (κ1) is 17.8. The maximum atomic E-state index is 5.85. The van der Waals surface area contributed by atoms with Crippen LogP contribution in [0.2, 0.25) is 0 Å². The first-order chi connectivity index (χ1) is 11.3. The lowest BCUT2D eigenvalue weighted by Gasteiger charge is -2.38. The molecular formula is C18H32N4O2. The van der Waals surface area contributed by atoms with Crippen LogP contribution in [-0.2, 0) is 16.7 Å². The third kappa shape index (κ3) is 4.35. The molecular weight excluding hydrogens is 304 g/mol. The maximum Gasteiger partial charge on any atom is 0.240 e.